The number of esters is 1. The molecule has 0 N–H and O–H groups in total. The number of carbonyl (C=O) groups excluding carboxylic acids is 2. The topological polar surface area (TPSA) is 55.8 Å². The summed E-state index contributed by atoms with van der Waals surface area (Å²) in [4.78, 5) is 25.7. The molecule has 0 atom stereocenters. The molecule has 1 aromatic carbocycles. The molecule has 1 aliphatic rings. The van der Waals surface area contributed by atoms with Gasteiger partial charge in [-0.2, -0.15) is 13.2 Å². The molecule has 166 valence electrons. The first-order valence-corrected chi connectivity index (χ1v) is 9.88. The van der Waals surface area contributed by atoms with Gasteiger partial charge < -0.3 is 14.4 Å². The van der Waals surface area contributed by atoms with Crippen molar-refractivity contribution in [3.63, 3.8) is 0 Å². The molecule has 0 bridgehead atoms. The van der Waals surface area contributed by atoms with Crippen molar-refractivity contribution in [1.29, 1.82) is 0 Å². The smallest absolute Gasteiger partial charge is 0.416 e. The first kappa shape index (κ1) is 23.8. The van der Waals surface area contributed by atoms with Crippen molar-refractivity contribution in [3.8, 4) is 0 Å². The fraction of sp³-hybridized carbons (Fsp3) is 0.545. The standard InChI is InChI=1S/C22H28F3NO4/c1-5-29-18(27)9-10-21(16-7-6-8-17(15-16)22(23,24)25)11-13-26(14-12-21)19(28)30-20(2,3)4/h6-10,15H,5,11-14H2,1-4H3/b10-9+. The lowest BCUT2D eigenvalue weighted by Crippen LogP contribution is -2.46. The Labute approximate surface area is 174 Å². The number of benzene rings is 1. The zero-order chi connectivity index (χ0) is 22.6. The molecule has 8 heteroatoms. The van der Waals surface area contributed by atoms with Crippen LogP contribution in [-0.4, -0.2) is 42.3 Å². The van der Waals surface area contributed by atoms with Crippen LogP contribution in [-0.2, 0) is 25.9 Å². The van der Waals surface area contributed by atoms with Gasteiger partial charge in [0.2, 0.25) is 0 Å². The maximum atomic E-state index is 13.2. The third-order valence-corrected chi connectivity index (χ3v) is 4.90. The van der Waals surface area contributed by atoms with Gasteiger partial charge in [-0.25, -0.2) is 9.59 Å². The summed E-state index contributed by atoms with van der Waals surface area (Å²) >= 11 is 0. The van der Waals surface area contributed by atoms with Gasteiger partial charge in [0.1, 0.15) is 5.60 Å². The van der Waals surface area contributed by atoms with Crippen LogP contribution in [0.25, 0.3) is 0 Å². The molecule has 1 fully saturated rings. The van der Waals surface area contributed by atoms with Crippen LogP contribution in [0.15, 0.2) is 36.4 Å². The molecule has 0 saturated carbocycles. The lowest BCUT2D eigenvalue weighted by atomic mass is 9.72. The highest BCUT2D eigenvalue weighted by atomic mass is 19.4. The molecule has 5 nitrogen and oxygen atoms in total. The van der Waals surface area contributed by atoms with Crippen molar-refractivity contribution in [2.45, 2.75) is 57.7 Å². The highest BCUT2D eigenvalue weighted by Crippen LogP contribution is 2.40. The highest BCUT2D eigenvalue weighted by molar-refractivity contribution is 5.82. The van der Waals surface area contributed by atoms with Crippen LogP contribution in [0.2, 0.25) is 0 Å². The van der Waals surface area contributed by atoms with Crippen LogP contribution in [0.5, 0.6) is 0 Å². The second-order valence-corrected chi connectivity index (χ2v) is 8.29. The molecular weight excluding hydrogens is 399 g/mol. The van der Waals surface area contributed by atoms with Gasteiger partial charge in [0, 0.05) is 24.6 Å². The number of likely N-dealkylation sites (tertiary alicyclic amines) is 1. The molecule has 30 heavy (non-hydrogen) atoms. The minimum Gasteiger partial charge on any atom is -0.463 e. The fourth-order valence-corrected chi connectivity index (χ4v) is 3.39. The summed E-state index contributed by atoms with van der Waals surface area (Å²) in [5.74, 6) is -0.557. The summed E-state index contributed by atoms with van der Waals surface area (Å²) in [6.07, 6.45) is -1.37. The Bertz CT molecular complexity index is 788. The van der Waals surface area contributed by atoms with Crippen molar-refractivity contribution >= 4 is 12.1 Å². The summed E-state index contributed by atoms with van der Waals surface area (Å²) in [7, 11) is 0. The predicted octanol–water partition coefficient (Wildman–Crippen LogP) is 5.09. The molecule has 0 unspecified atom stereocenters. The zero-order valence-corrected chi connectivity index (χ0v) is 17.7. The first-order valence-electron chi connectivity index (χ1n) is 9.88. The Morgan fingerprint density at radius 2 is 1.80 bits per heavy atom. The van der Waals surface area contributed by atoms with E-state index in [1.807, 2.05) is 0 Å². The Kier molecular flexibility index (Phi) is 7.21. The molecule has 1 saturated heterocycles. The third kappa shape index (κ3) is 6.24. The van der Waals surface area contributed by atoms with Crippen molar-refractivity contribution in [3.05, 3.63) is 47.5 Å². The predicted molar refractivity (Wildman–Crippen MR) is 106 cm³/mol. The van der Waals surface area contributed by atoms with Gasteiger partial charge in [-0.1, -0.05) is 24.3 Å². The number of rotatable bonds is 4. The largest absolute Gasteiger partial charge is 0.463 e. The van der Waals surface area contributed by atoms with E-state index < -0.39 is 34.8 Å². The minimum absolute atomic E-state index is 0.201. The second kappa shape index (κ2) is 9.10. The average molecular weight is 427 g/mol. The Morgan fingerprint density at radius 1 is 1.17 bits per heavy atom. The number of carbonyl (C=O) groups is 2. The molecule has 1 aromatic rings. The number of piperidine rings is 1. The fourth-order valence-electron chi connectivity index (χ4n) is 3.39. The summed E-state index contributed by atoms with van der Waals surface area (Å²) in [6.45, 7) is 7.76. The van der Waals surface area contributed by atoms with Gasteiger partial charge >= 0.3 is 18.2 Å². The molecule has 0 radical (unpaired) electrons. The lowest BCUT2D eigenvalue weighted by molar-refractivity contribution is -0.138. The maximum absolute atomic E-state index is 13.2. The van der Waals surface area contributed by atoms with Crippen LogP contribution < -0.4 is 0 Å². The number of allylic oxidation sites excluding steroid dienone is 1. The molecule has 2 rings (SSSR count). The zero-order valence-electron chi connectivity index (χ0n) is 17.7. The lowest BCUT2D eigenvalue weighted by Gasteiger charge is -2.41. The minimum atomic E-state index is -4.47. The number of hydrogen-bond donors (Lipinski definition) is 0. The van der Waals surface area contributed by atoms with Crippen LogP contribution in [0.1, 0.15) is 51.7 Å². The van der Waals surface area contributed by atoms with Crippen molar-refractivity contribution < 1.29 is 32.2 Å². The van der Waals surface area contributed by atoms with Crippen molar-refractivity contribution in [1.82, 2.24) is 4.90 Å². The number of halogens is 3. The van der Waals surface area contributed by atoms with E-state index >= 15 is 0 Å². The van der Waals surface area contributed by atoms with Gasteiger partial charge in [0.15, 0.2) is 0 Å². The van der Waals surface area contributed by atoms with E-state index in [4.69, 9.17) is 9.47 Å². The summed E-state index contributed by atoms with van der Waals surface area (Å²) in [5.41, 5.74) is -1.77. The van der Waals surface area contributed by atoms with Gasteiger partial charge in [-0.3, -0.25) is 0 Å². The van der Waals surface area contributed by atoms with E-state index in [0.29, 0.717) is 31.5 Å². The Morgan fingerprint density at radius 3 is 2.33 bits per heavy atom. The van der Waals surface area contributed by atoms with Crippen LogP contribution in [0, 0.1) is 0 Å². The van der Waals surface area contributed by atoms with Crippen LogP contribution in [0.3, 0.4) is 0 Å². The number of amides is 1. The molecular formula is C22H28F3NO4. The Hall–Kier alpha value is -2.51. The maximum Gasteiger partial charge on any atom is 0.416 e. The third-order valence-electron chi connectivity index (χ3n) is 4.90. The van der Waals surface area contributed by atoms with E-state index in [0.717, 1.165) is 12.1 Å². The van der Waals surface area contributed by atoms with Gasteiger partial charge in [-0.05, 0) is 52.2 Å². The van der Waals surface area contributed by atoms with Gasteiger partial charge in [0.25, 0.3) is 0 Å². The molecule has 1 aliphatic heterocycles. The normalized spacial score (nSPS) is 17.1. The van der Waals surface area contributed by atoms with Gasteiger partial charge in [-0.15, -0.1) is 0 Å². The summed E-state index contributed by atoms with van der Waals surface area (Å²) in [6, 6.07) is 5.10. The molecule has 0 aromatic heterocycles. The quantitative estimate of drug-likeness (QED) is 0.496. The highest BCUT2D eigenvalue weighted by Gasteiger charge is 2.39. The van der Waals surface area contributed by atoms with E-state index in [1.54, 1.807) is 39.8 Å². The molecule has 1 amide bonds. The average Bonchev–Trinajstić information content (AvgIpc) is 2.65. The molecule has 0 aliphatic carbocycles. The number of nitrogens with zero attached hydrogens (tertiary/aromatic N) is 1. The van der Waals surface area contributed by atoms with Crippen molar-refractivity contribution in [2.24, 2.45) is 0 Å². The molecule has 1 heterocycles. The van der Waals surface area contributed by atoms with Gasteiger partial charge in [0.05, 0.1) is 12.2 Å². The summed E-state index contributed by atoms with van der Waals surface area (Å²) in [5, 5.41) is 0. The number of alkyl halides is 3. The molecule has 0 spiro atoms. The van der Waals surface area contributed by atoms with E-state index in [1.165, 1.54) is 17.0 Å². The van der Waals surface area contributed by atoms with E-state index in [9.17, 15) is 22.8 Å². The first-order chi connectivity index (χ1) is 13.9. The van der Waals surface area contributed by atoms with Crippen molar-refractivity contribution in [2.75, 3.05) is 19.7 Å². The van der Waals surface area contributed by atoms with Crippen LogP contribution >= 0.6 is 0 Å². The number of ether oxygens (including phenoxy) is 2. The summed E-state index contributed by atoms with van der Waals surface area (Å²) < 4.78 is 50.0. The Balaban J connectivity index is 2.32. The second-order valence-electron chi connectivity index (χ2n) is 8.29. The monoisotopic (exact) mass is 427 g/mol. The van der Waals surface area contributed by atoms with E-state index in [-0.39, 0.29) is 6.61 Å². The SMILES string of the molecule is CCOC(=O)/C=C/C1(c2cccc(C(F)(F)F)c2)CCN(C(=O)OC(C)(C)C)CC1. The number of hydrogen-bond acceptors (Lipinski definition) is 4. The van der Waals surface area contributed by atoms with Crippen LogP contribution in [0.4, 0.5) is 18.0 Å². The van der Waals surface area contributed by atoms with E-state index in [2.05, 4.69) is 0 Å².